The van der Waals surface area contributed by atoms with E-state index in [1.54, 1.807) is 11.5 Å². The molecule has 587 valence electrons. The van der Waals surface area contributed by atoms with E-state index in [0.717, 1.165) is 21.8 Å². The molecule has 36 heteroatoms. The van der Waals surface area contributed by atoms with Gasteiger partial charge in [-0.05, 0) is 125 Å². The first kappa shape index (κ1) is 84.7. The van der Waals surface area contributed by atoms with E-state index < -0.39 is 179 Å². The summed E-state index contributed by atoms with van der Waals surface area (Å²) in [4.78, 5) is 150. The van der Waals surface area contributed by atoms with Crippen LogP contribution in [0.4, 0.5) is 0 Å². The Labute approximate surface area is 628 Å². The Hall–Kier alpha value is -7.93. The molecule has 2 aromatic heterocycles. The standard InChI is InChI=1S/C62H90N13O14P.C9H11N2O5.Co/c1-29-20-39-40(21-30(29)2)75(28-70-39)57-52(84)53(41(27-76)87-57)89-90(85,86)88-31(3)26-69-49(83)18-19-59(8)37(22-46(66)80)56-62(11)61(10,25-48(68)82)36(14-17-45(65)79)51(74-62)33(5)55-60(9,24-47(67)81)34(12-15-43(63)77)38(71-55)23-42-58(6,7)35(13-16-44(64)78)50(72-42)32(4)54(59)73-56;1-4-6(13)7(14)8(16-4)11-3-2-5(12)10-9(11)15;/h20-21,23,28,31,34-37,41,52-53,56-57,76,84H,12-19,22,24-27H2,1-11H3,(H15,63,64,65,66,67,68,69,71,72,73,74,77,78,79,80,81,82,83,85,86);2-4,6-8,13-14H,1H2,(H,10,12,15);/q;-1;+2/p-1. The molecule has 8 bridgehead atoms. The van der Waals surface area contributed by atoms with Crippen LogP contribution in [0.1, 0.15) is 157 Å². The van der Waals surface area contributed by atoms with Crippen molar-refractivity contribution < 1.29 is 98.7 Å². The number of hydrogen-bond acceptors (Lipinski definition) is 22. The zero-order chi connectivity index (χ0) is 78.6. The number of aliphatic imine (C=N–C) groups is 3. The number of nitrogens with two attached hydrogens (primary N) is 6. The van der Waals surface area contributed by atoms with Gasteiger partial charge < -0.3 is 91.3 Å². The van der Waals surface area contributed by atoms with Gasteiger partial charge in [0.2, 0.25) is 41.4 Å². The van der Waals surface area contributed by atoms with E-state index >= 15 is 0 Å². The van der Waals surface area contributed by atoms with E-state index in [9.17, 15) is 73.0 Å². The Morgan fingerprint density at radius 2 is 1.36 bits per heavy atom. The molecule has 0 spiro atoms. The van der Waals surface area contributed by atoms with Gasteiger partial charge >= 0.3 is 30.3 Å². The molecule has 10 rings (SSSR count). The topological polar surface area (TPSA) is 567 Å². The second-order valence-corrected chi connectivity index (χ2v) is 31.9. The molecule has 7 aliphatic rings. The number of primary amides is 6. The van der Waals surface area contributed by atoms with Gasteiger partial charge in [-0.25, -0.2) is 14.3 Å². The van der Waals surface area contributed by atoms with Crippen LogP contribution in [0, 0.1) is 66.1 Å². The van der Waals surface area contributed by atoms with Gasteiger partial charge in [-0.2, -0.15) is 5.70 Å². The Bertz CT molecular complexity index is 4390. The number of aromatic amines is 1. The fraction of sp³-hybridized carbons (Fsp3) is 0.606. The zero-order valence-corrected chi connectivity index (χ0v) is 63.7. The third-order valence-corrected chi connectivity index (χ3v) is 24.1. The normalized spacial score (nSPS) is 32.1. The van der Waals surface area contributed by atoms with Gasteiger partial charge in [-0.15, -0.1) is 0 Å². The Morgan fingerprint density at radius 1 is 0.757 bits per heavy atom. The summed E-state index contributed by atoms with van der Waals surface area (Å²) in [5.41, 5.74) is 35.5. The number of allylic oxidation sites excluding steroid dienone is 6. The largest absolute Gasteiger partial charge is 2.00 e. The number of hydrogen-bond donors (Lipinski definition) is 13. The fourth-order valence-electron chi connectivity index (χ4n) is 16.9. The molecule has 19 unspecified atom stereocenters. The summed E-state index contributed by atoms with van der Waals surface area (Å²) in [6, 6.07) is 3.81. The number of rotatable bonds is 27. The first-order valence-corrected chi connectivity index (χ1v) is 36.7. The van der Waals surface area contributed by atoms with Crippen molar-refractivity contribution in [1.29, 1.82) is 0 Å². The number of carbonyl (C=O) groups excluding carboxylic acids is 7. The minimum Gasteiger partial charge on any atom is -0.682 e. The van der Waals surface area contributed by atoms with Crippen molar-refractivity contribution in [2.75, 3.05) is 13.2 Å². The average Bonchev–Trinajstić information content (AvgIpc) is 1.52. The summed E-state index contributed by atoms with van der Waals surface area (Å²) in [6.45, 7) is 22.6. The molecule has 1 radical (unpaired) electrons. The number of aromatic nitrogens is 4. The third kappa shape index (κ3) is 16.8. The summed E-state index contributed by atoms with van der Waals surface area (Å²) >= 11 is 0. The predicted octanol–water partition coefficient (Wildman–Crippen LogP) is 1.93. The van der Waals surface area contributed by atoms with Gasteiger partial charge in [0.05, 0.1) is 47.4 Å². The number of nitrogens with zero attached hydrogens (tertiary/aromatic N) is 7. The molecule has 19 atom stereocenters. The molecule has 34 nitrogen and oxygen atoms in total. The molecule has 1 aromatic carbocycles. The molecule has 7 aliphatic heterocycles. The van der Waals surface area contributed by atoms with E-state index in [1.807, 2.05) is 85.5 Å². The number of H-pyrrole nitrogens is 1. The van der Waals surface area contributed by atoms with Crippen LogP contribution in [0.3, 0.4) is 0 Å². The van der Waals surface area contributed by atoms with E-state index in [0.29, 0.717) is 56.4 Å². The number of aliphatic hydroxyl groups is 4. The third-order valence-electron chi connectivity index (χ3n) is 23.0. The van der Waals surface area contributed by atoms with Crippen molar-refractivity contribution in [1.82, 2.24) is 24.4 Å². The number of carbonyl (C=O) groups is 7. The smallest absolute Gasteiger partial charge is 0.682 e. The van der Waals surface area contributed by atoms with Crippen LogP contribution in [0.2, 0.25) is 0 Å². The number of imidazole rings is 1. The molecule has 7 amide bonds. The SMILES string of the molecule is CC1=C2N=C(C=C3N=C(C(C)=C4[N-]C(C(CC(N)=O)C4(C)CCC(=O)NCC(C)OP(=O)(O)OC4C(CO)OC(n5cnc6cc(C)c(C)cc65)C4O)C4(C)N=C1C(CCC(N)=O)C4(C)CC(N)=O)C(CCC(N)=O)C3(C)C)C(CCC(N)=O)C2(C)CC(N)=O.[CH2-]C1OC(n2ccc(=O)[nH]c2=O)C(O)C1O.[Co+2]. The Kier molecular flexibility index (Phi) is 25.6. The number of aliphatic hydroxyl groups excluding tert-OH is 4. The van der Waals surface area contributed by atoms with Crippen LogP contribution in [-0.4, -0.2) is 170 Å². The maximum absolute atomic E-state index is 14.4. The van der Waals surface area contributed by atoms with Gasteiger partial charge in [0.15, 0.2) is 12.5 Å². The number of ether oxygens (including phenoxy) is 2. The zero-order valence-electron chi connectivity index (χ0n) is 61.8. The van der Waals surface area contributed by atoms with Crippen LogP contribution in [0.25, 0.3) is 16.4 Å². The quantitative estimate of drug-likeness (QED) is 0.0383. The molecule has 0 saturated carbocycles. The number of fused-ring (bicyclic) bond motifs is 7. The van der Waals surface area contributed by atoms with Crippen LogP contribution in [0.15, 0.2) is 89.6 Å². The molecule has 3 aromatic rings. The second-order valence-electron chi connectivity index (χ2n) is 30.6. The molecule has 107 heavy (non-hydrogen) atoms. The summed E-state index contributed by atoms with van der Waals surface area (Å²) in [5, 5.41) is 49.2. The minimum atomic E-state index is -5.07. The van der Waals surface area contributed by atoms with E-state index in [4.69, 9.17) is 73.2 Å². The van der Waals surface area contributed by atoms with Crippen molar-refractivity contribution >= 4 is 77.3 Å². The minimum absolute atomic E-state index is 0. The van der Waals surface area contributed by atoms with E-state index in [2.05, 4.69) is 17.2 Å². The number of nitrogens with one attached hydrogen (secondary N) is 2. The average molecular weight is 1560 g/mol. The van der Waals surface area contributed by atoms with Gasteiger partial charge in [0.25, 0.3) is 5.56 Å². The van der Waals surface area contributed by atoms with Gasteiger partial charge in [-0.3, -0.25) is 71.9 Å². The first-order chi connectivity index (χ1) is 49.3. The Balaban J connectivity index is 0.000000746. The second kappa shape index (κ2) is 32.3. The molecular weight excluding hydrogens is 1460 g/mol. The molecule has 9 heterocycles. The van der Waals surface area contributed by atoms with Crippen molar-refractivity contribution in [2.24, 2.45) is 94.7 Å². The van der Waals surface area contributed by atoms with E-state index in [1.165, 1.54) is 19.4 Å². The summed E-state index contributed by atoms with van der Waals surface area (Å²) in [7, 11) is -5.07. The van der Waals surface area contributed by atoms with E-state index in [-0.39, 0.29) is 94.0 Å². The number of phosphoric acid groups is 1. The Morgan fingerprint density at radius 3 is 1.93 bits per heavy atom. The molecular formula is C71H100CoN15O19P. The van der Waals surface area contributed by atoms with Crippen LogP contribution < -0.4 is 51.0 Å². The fourth-order valence-corrected chi connectivity index (χ4v) is 18.1. The predicted molar refractivity (Wildman–Crippen MR) is 386 cm³/mol. The van der Waals surface area contributed by atoms with Crippen LogP contribution in [0.5, 0.6) is 0 Å². The maximum Gasteiger partial charge on any atom is 2.00 e. The van der Waals surface area contributed by atoms with Crippen molar-refractivity contribution in [3.63, 3.8) is 0 Å². The maximum atomic E-state index is 14.4. The molecule has 0 aliphatic carbocycles. The number of aryl methyl sites for hydroxylation is 2. The number of phosphoric ester groups is 1. The van der Waals surface area contributed by atoms with Crippen LogP contribution in [-0.2, 0) is 73.4 Å². The van der Waals surface area contributed by atoms with Crippen molar-refractivity contribution in [3.05, 3.63) is 109 Å². The van der Waals surface area contributed by atoms with Crippen molar-refractivity contribution in [3.8, 4) is 0 Å². The summed E-state index contributed by atoms with van der Waals surface area (Å²) < 4.78 is 38.4. The molecule has 3 saturated heterocycles. The van der Waals surface area contributed by atoms with Gasteiger partial charge in [-0.1, -0.05) is 40.7 Å². The monoisotopic (exact) mass is 1560 g/mol. The van der Waals surface area contributed by atoms with Crippen LogP contribution >= 0.6 is 7.82 Å². The first-order valence-electron chi connectivity index (χ1n) is 35.2. The van der Waals surface area contributed by atoms with Crippen molar-refractivity contribution in [2.45, 2.75) is 214 Å². The van der Waals surface area contributed by atoms with Gasteiger partial charge in [0, 0.05) is 121 Å². The molecule has 19 N–H and O–H groups in total. The number of amides is 7. The summed E-state index contributed by atoms with van der Waals surface area (Å²) in [6.07, 6.45) is -7.56. The molecule has 3 fully saturated rings. The van der Waals surface area contributed by atoms with Gasteiger partial charge in [0.1, 0.15) is 24.4 Å². The summed E-state index contributed by atoms with van der Waals surface area (Å²) in [5.74, 6) is -7.34. The number of benzene rings is 1.